The minimum Gasteiger partial charge on any atom is -0.465 e. The van der Waals surface area contributed by atoms with Crippen LogP contribution in [0.25, 0.3) is 0 Å². The van der Waals surface area contributed by atoms with E-state index in [1.165, 1.54) is 23.8 Å². The summed E-state index contributed by atoms with van der Waals surface area (Å²) in [6, 6.07) is 1.07. The van der Waals surface area contributed by atoms with Gasteiger partial charge in [0, 0.05) is 10.3 Å². The summed E-state index contributed by atoms with van der Waals surface area (Å²) in [6.45, 7) is 2.91. The average molecular weight is 433 g/mol. The second kappa shape index (κ2) is 8.17. The van der Waals surface area contributed by atoms with E-state index in [9.17, 15) is 22.8 Å². The zero-order valence-corrected chi connectivity index (χ0v) is 17.0. The Morgan fingerprint density at radius 3 is 2.44 bits per heavy atom. The molecule has 0 saturated heterocycles. The molecule has 0 atom stereocenters. The lowest BCUT2D eigenvalue weighted by Crippen LogP contribution is -2.21. The highest BCUT2D eigenvalue weighted by atomic mass is 32.2. The van der Waals surface area contributed by atoms with Crippen molar-refractivity contribution in [1.82, 2.24) is 0 Å². The zero-order valence-electron chi connectivity index (χ0n) is 14.5. The fourth-order valence-corrected chi connectivity index (χ4v) is 4.65. The minimum absolute atomic E-state index is 0.0325. The van der Waals surface area contributed by atoms with Crippen molar-refractivity contribution >= 4 is 55.5 Å². The quantitative estimate of drug-likeness (QED) is 0.661. The monoisotopic (exact) mass is 432 g/mol. The van der Waals surface area contributed by atoms with Crippen molar-refractivity contribution in [1.29, 1.82) is 0 Å². The number of esters is 2. The number of rotatable bonds is 6. The number of methoxy groups -OCH3 is 1. The molecule has 0 radical (unpaired) electrons. The van der Waals surface area contributed by atoms with Gasteiger partial charge in [0.2, 0.25) is 10.0 Å². The molecule has 3 N–H and O–H groups in total. The standard InChI is InChI=1S/C15H16N2O7S3/c1-7-8(2)26-13(12(7)15(20)23-3)17-10(18)5-24-14(19)9-4-11(25-6-9)27(16,21)22/h4,6H,5H2,1-3H3,(H,17,18)(H2,16,21,22). The molecule has 0 aliphatic heterocycles. The summed E-state index contributed by atoms with van der Waals surface area (Å²) in [5.74, 6) is -2.11. The van der Waals surface area contributed by atoms with Crippen LogP contribution >= 0.6 is 22.7 Å². The van der Waals surface area contributed by atoms with Gasteiger partial charge in [0.15, 0.2) is 6.61 Å². The van der Waals surface area contributed by atoms with Gasteiger partial charge in [-0.3, -0.25) is 4.79 Å². The van der Waals surface area contributed by atoms with Gasteiger partial charge in [0.25, 0.3) is 5.91 Å². The van der Waals surface area contributed by atoms with Gasteiger partial charge in [-0.05, 0) is 25.5 Å². The normalized spacial score (nSPS) is 11.1. The van der Waals surface area contributed by atoms with Crippen molar-refractivity contribution < 1.29 is 32.3 Å². The first kappa shape index (κ1) is 21.0. The minimum atomic E-state index is -3.92. The molecular weight excluding hydrogens is 416 g/mol. The summed E-state index contributed by atoms with van der Waals surface area (Å²) in [6.07, 6.45) is 0. The average Bonchev–Trinajstić information content (AvgIpc) is 3.18. The summed E-state index contributed by atoms with van der Waals surface area (Å²) in [5, 5.41) is 9.05. The van der Waals surface area contributed by atoms with E-state index in [-0.39, 0.29) is 15.3 Å². The molecule has 27 heavy (non-hydrogen) atoms. The van der Waals surface area contributed by atoms with Crippen LogP contribution in [0.2, 0.25) is 0 Å². The lowest BCUT2D eigenvalue weighted by atomic mass is 10.1. The van der Waals surface area contributed by atoms with E-state index in [0.717, 1.165) is 22.3 Å². The maximum absolute atomic E-state index is 12.0. The van der Waals surface area contributed by atoms with E-state index in [1.807, 2.05) is 0 Å². The third-order valence-electron chi connectivity index (χ3n) is 3.45. The van der Waals surface area contributed by atoms with Crippen LogP contribution < -0.4 is 10.5 Å². The molecule has 0 bridgehead atoms. The van der Waals surface area contributed by atoms with Crippen LogP contribution in [0.4, 0.5) is 5.00 Å². The molecule has 0 fully saturated rings. The van der Waals surface area contributed by atoms with E-state index in [4.69, 9.17) is 14.6 Å². The third-order valence-corrected chi connectivity index (χ3v) is 6.96. The van der Waals surface area contributed by atoms with E-state index < -0.39 is 34.5 Å². The molecule has 0 aromatic carbocycles. The fraction of sp³-hybridized carbons (Fsp3) is 0.267. The van der Waals surface area contributed by atoms with E-state index in [2.05, 4.69) is 5.32 Å². The maximum atomic E-state index is 12.0. The second-order valence-corrected chi connectivity index (χ2v) is 9.23. The summed E-state index contributed by atoms with van der Waals surface area (Å²) >= 11 is 1.97. The molecule has 2 heterocycles. The maximum Gasteiger partial charge on any atom is 0.341 e. The Morgan fingerprint density at radius 2 is 1.89 bits per heavy atom. The van der Waals surface area contributed by atoms with Crippen molar-refractivity contribution in [3.05, 3.63) is 33.0 Å². The summed E-state index contributed by atoms with van der Waals surface area (Å²) < 4.78 is 31.8. The van der Waals surface area contributed by atoms with Crippen molar-refractivity contribution in [2.75, 3.05) is 19.0 Å². The van der Waals surface area contributed by atoms with Gasteiger partial charge in [-0.1, -0.05) is 0 Å². The van der Waals surface area contributed by atoms with Gasteiger partial charge in [0.05, 0.1) is 18.2 Å². The number of primary sulfonamides is 1. The van der Waals surface area contributed by atoms with E-state index in [1.54, 1.807) is 13.8 Å². The van der Waals surface area contributed by atoms with Gasteiger partial charge in [-0.25, -0.2) is 23.1 Å². The highest BCUT2D eigenvalue weighted by Gasteiger charge is 2.22. The van der Waals surface area contributed by atoms with Crippen molar-refractivity contribution in [3.8, 4) is 0 Å². The number of nitrogens with one attached hydrogen (secondary N) is 1. The Balaban J connectivity index is 2.03. The Bertz CT molecular complexity index is 1000. The molecule has 1 amide bonds. The number of anilines is 1. The highest BCUT2D eigenvalue weighted by molar-refractivity contribution is 7.91. The van der Waals surface area contributed by atoms with E-state index in [0.29, 0.717) is 10.6 Å². The predicted molar refractivity (Wildman–Crippen MR) is 99.7 cm³/mol. The van der Waals surface area contributed by atoms with Gasteiger partial charge >= 0.3 is 11.9 Å². The highest BCUT2D eigenvalue weighted by Crippen LogP contribution is 2.32. The zero-order chi connectivity index (χ0) is 20.4. The van der Waals surface area contributed by atoms with Gasteiger partial charge in [0.1, 0.15) is 9.21 Å². The van der Waals surface area contributed by atoms with Crippen LogP contribution in [0.15, 0.2) is 15.7 Å². The number of carbonyl (C=O) groups excluding carboxylic acids is 3. The number of sulfonamides is 1. The van der Waals surface area contributed by atoms with Crippen LogP contribution in [-0.2, 0) is 24.3 Å². The first-order valence-electron chi connectivity index (χ1n) is 7.31. The molecule has 0 unspecified atom stereocenters. The summed E-state index contributed by atoms with van der Waals surface area (Å²) in [7, 11) is -2.68. The molecule has 2 aromatic heterocycles. The molecular formula is C15H16N2O7S3. The number of nitrogens with two attached hydrogens (primary N) is 1. The first-order chi connectivity index (χ1) is 12.5. The number of aryl methyl sites for hydroxylation is 1. The molecule has 146 valence electrons. The molecule has 2 aromatic rings. The Kier molecular flexibility index (Phi) is 6.36. The van der Waals surface area contributed by atoms with Crippen LogP contribution in [-0.4, -0.2) is 40.0 Å². The van der Waals surface area contributed by atoms with Crippen molar-refractivity contribution in [2.45, 2.75) is 18.1 Å². The topological polar surface area (TPSA) is 142 Å². The molecule has 12 heteroatoms. The van der Waals surface area contributed by atoms with Crippen LogP contribution in [0, 0.1) is 13.8 Å². The number of hydrogen-bond donors (Lipinski definition) is 2. The number of thiophene rings is 2. The fourth-order valence-electron chi connectivity index (χ4n) is 2.01. The molecule has 9 nitrogen and oxygen atoms in total. The first-order valence-corrected chi connectivity index (χ1v) is 10.6. The molecule has 2 rings (SSSR count). The number of ether oxygens (including phenoxy) is 2. The number of carbonyl (C=O) groups is 3. The predicted octanol–water partition coefficient (Wildman–Crippen LogP) is 1.66. The summed E-state index contributed by atoms with van der Waals surface area (Å²) in [5.41, 5.74) is 0.901. The number of amides is 1. The van der Waals surface area contributed by atoms with E-state index >= 15 is 0 Å². The van der Waals surface area contributed by atoms with Crippen LogP contribution in [0.3, 0.4) is 0 Å². The Hall–Kier alpha value is -2.28. The SMILES string of the molecule is COC(=O)c1c(NC(=O)COC(=O)c2csc(S(N)(=O)=O)c2)sc(C)c1C. The molecule has 0 aliphatic carbocycles. The molecule has 0 spiro atoms. The van der Waals surface area contributed by atoms with Gasteiger partial charge in [-0.2, -0.15) is 0 Å². The Labute approximate surface area is 163 Å². The third kappa shape index (κ3) is 4.91. The lowest BCUT2D eigenvalue weighted by Gasteiger charge is -2.06. The van der Waals surface area contributed by atoms with Gasteiger partial charge < -0.3 is 14.8 Å². The largest absolute Gasteiger partial charge is 0.465 e. The second-order valence-electron chi connectivity index (χ2n) is 5.30. The molecule has 0 aliphatic rings. The Morgan fingerprint density at radius 1 is 1.22 bits per heavy atom. The number of hydrogen-bond acceptors (Lipinski definition) is 9. The van der Waals surface area contributed by atoms with Gasteiger partial charge in [-0.15, -0.1) is 22.7 Å². The smallest absolute Gasteiger partial charge is 0.341 e. The van der Waals surface area contributed by atoms with Crippen LogP contribution in [0.5, 0.6) is 0 Å². The van der Waals surface area contributed by atoms with Crippen molar-refractivity contribution in [2.24, 2.45) is 5.14 Å². The summed E-state index contributed by atoms with van der Waals surface area (Å²) in [4.78, 5) is 36.7. The lowest BCUT2D eigenvalue weighted by molar-refractivity contribution is -0.119. The van der Waals surface area contributed by atoms with Crippen molar-refractivity contribution in [3.63, 3.8) is 0 Å². The molecule has 0 saturated carbocycles. The van der Waals surface area contributed by atoms with Crippen LogP contribution in [0.1, 0.15) is 31.2 Å².